The van der Waals surface area contributed by atoms with Crippen molar-refractivity contribution in [3.8, 4) is 0 Å². The van der Waals surface area contributed by atoms with Crippen LogP contribution in [-0.2, 0) is 0 Å². The van der Waals surface area contributed by atoms with Crippen LogP contribution in [0.4, 0.5) is 0 Å². The summed E-state index contributed by atoms with van der Waals surface area (Å²) in [5.74, 6) is 0.877. The third-order valence-electron chi connectivity index (χ3n) is 2.23. The molecule has 58 valence electrons. The van der Waals surface area contributed by atoms with E-state index >= 15 is 0 Å². The fourth-order valence-corrected chi connectivity index (χ4v) is 1.59. The van der Waals surface area contributed by atoms with Gasteiger partial charge in [0, 0.05) is 4.47 Å². The molecule has 0 bridgehead atoms. The van der Waals surface area contributed by atoms with Gasteiger partial charge in [-0.05, 0) is 42.9 Å². The first-order valence-electron chi connectivity index (χ1n) is 4.03. The minimum atomic E-state index is 0.877. The minimum Gasteiger partial charge on any atom is -0.0576 e. The summed E-state index contributed by atoms with van der Waals surface area (Å²) < 4.78 is 1.22. The zero-order chi connectivity index (χ0) is 7.84. The van der Waals surface area contributed by atoms with Gasteiger partial charge in [-0.25, -0.2) is 0 Å². The predicted octanol–water partition coefficient (Wildman–Crippen LogP) is 3.63. The Morgan fingerprint density at radius 2 is 2.09 bits per heavy atom. The first-order valence-corrected chi connectivity index (χ1v) is 4.83. The van der Waals surface area contributed by atoms with Gasteiger partial charge in [0.25, 0.3) is 0 Å². The van der Waals surface area contributed by atoms with Crippen molar-refractivity contribution in [2.45, 2.75) is 25.7 Å². The van der Waals surface area contributed by atoms with Crippen LogP contribution in [0.2, 0.25) is 0 Å². The van der Waals surface area contributed by atoms with Crippen molar-refractivity contribution in [2.24, 2.45) is 0 Å². The van der Waals surface area contributed by atoms with Gasteiger partial charge in [0.1, 0.15) is 0 Å². The number of hydrogen-bond acceptors (Lipinski definition) is 0. The Kier molecular flexibility index (Phi) is 1.76. The van der Waals surface area contributed by atoms with E-state index < -0.39 is 0 Å². The number of benzene rings is 1. The van der Waals surface area contributed by atoms with Crippen molar-refractivity contribution >= 4 is 15.9 Å². The van der Waals surface area contributed by atoms with Gasteiger partial charge in [0.15, 0.2) is 0 Å². The summed E-state index contributed by atoms with van der Waals surface area (Å²) in [4.78, 5) is 0. The molecule has 0 aliphatic heterocycles. The third-order valence-corrected chi connectivity index (χ3v) is 3.12. The van der Waals surface area contributed by atoms with Crippen LogP contribution in [-0.4, -0.2) is 0 Å². The molecule has 1 aromatic rings. The Labute approximate surface area is 75.8 Å². The fourth-order valence-electron chi connectivity index (χ4n) is 1.34. The zero-order valence-corrected chi connectivity index (χ0v) is 8.19. The molecule has 0 saturated heterocycles. The van der Waals surface area contributed by atoms with E-state index in [0.29, 0.717) is 0 Å². The molecule has 0 amide bonds. The van der Waals surface area contributed by atoms with Crippen LogP contribution in [0.3, 0.4) is 0 Å². The van der Waals surface area contributed by atoms with Crippen molar-refractivity contribution < 1.29 is 0 Å². The van der Waals surface area contributed by atoms with Crippen LogP contribution < -0.4 is 0 Å². The molecule has 1 saturated carbocycles. The highest BCUT2D eigenvalue weighted by molar-refractivity contribution is 9.10. The number of hydrogen-bond donors (Lipinski definition) is 0. The topological polar surface area (TPSA) is 0 Å². The molecule has 2 rings (SSSR count). The molecule has 0 N–H and O–H groups in total. The molecule has 0 aromatic heterocycles. The van der Waals surface area contributed by atoms with Crippen LogP contribution in [0.25, 0.3) is 0 Å². The Morgan fingerprint density at radius 1 is 1.36 bits per heavy atom. The maximum absolute atomic E-state index is 3.50. The third kappa shape index (κ3) is 1.48. The van der Waals surface area contributed by atoms with E-state index in [9.17, 15) is 0 Å². The Morgan fingerprint density at radius 3 is 2.64 bits per heavy atom. The zero-order valence-electron chi connectivity index (χ0n) is 6.60. The van der Waals surface area contributed by atoms with Crippen molar-refractivity contribution in [3.05, 3.63) is 33.8 Å². The maximum Gasteiger partial charge on any atom is 0.0204 e. The lowest BCUT2D eigenvalue weighted by Gasteiger charge is -2.01. The number of aryl methyl sites for hydroxylation is 1. The van der Waals surface area contributed by atoms with E-state index in [4.69, 9.17) is 0 Å². The predicted molar refractivity (Wildman–Crippen MR) is 50.9 cm³/mol. The lowest BCUT2D eigenvalue weighted by molar-refractivity contribution is 1.12. The molecule has 0 spiro atoms. The highest BCUT2D eigenvalue weighted by Crippen LogP contribution is 2.40. The molecule has 1 aromatic carbocycles. The second-order valence-corrected chi connectivity index (χ2v) is 4.14. The summed E-state index contributed by atoms with van der Waals surface area (Å²) in [6.07, 6.45) is 2.78. The van der Waals surface area contributed by atoms with Crippen LogP contribution in [0.15, 0.2) is 22.7 Å². The Bertz CT molecular complexity index is 274. The largest absolute Gasteiger partial charge is 0.0576 e. The van der Waals surface area contributed by atoms with E-state index in [-0.39, 0.29) is 0 Å². The second-order valence-electron chi connectivity index (χ2n) is 3.28. The molecule has 0 radical (unpaired) electrons. The van der Waals surface area contributed by atoms with Crippen LogP contribution in [0.1, 0.15) is 29.9 Å². The maximum atomic E-state index is 3.50. The second kappa shape index (κ2) is 2.63. The normalized spacial score (nSPS) is 16.9. The van der Waals surface area contributed by atoms with Gasteiger partial charge >= 0.3 is 0 Å². The summed E-state index contributed by atoms with van der Waals surface area (Å²) in [5.41, 5.74) is 2.88. The Hall–Kier alpha value is -0.300. The monoisotopic (exact) mass is 210 g/mol. The number of halogens is 1. The summed E-state index contributed by atoms with van der Waals surface area (Å²) in [7, 11) is 0. The molecule has 1 aliphatic carbocycles. The molecule has 11 heavy (non-hydrogen) atoms. The van der Waals surface area contributed by atoms with Gasteiger partial charge in [-0.3, -0.25) is 0 Å². The average Bonchev–Trinajstić information content (AvgIpc) is 2.77. The van der Waals surface area contributed by atoms with Crippen molar-refractivity contribution in [2.75, 3.05) is 0 Å². The molecule has 0 heterocycles. The van der Waals surface area contributed by atoms with Crippen molar-refractivity contribution in [1.29, 1.82) is 0 Å². The summed E-state index contributed by atoms with van der Waals surface area (Å²) >= 11 is 3.50. The standard InChI is InChI=1S/C10H11Br/c1-7-6-9(8-2-3-8)4-5-10(7)11/h4-6,8H,2-3H2,1H3. The quantitative estimate of drug-likeness (QED) is 0.665. The van der Waals surface area contributed by atoms with Gasteiger partial charge in [0.05, 0.1) is 0 Å². The lowest BCUT2D eigenvalue weighted by Crippen LogP contribution is -1.81. The molecule has 0 unspecified atom stereocenters. The van der Waals surface area contributed by atoms with Gasteiger partial charge < -0.3 is 0 Å². The summed E-state index contributed by atoms with van der Waals surface area (Å²) in [5, 5.41) is 0. The van der Waals surface area contributed by atoms with E-state index in [1.165, 1.54) is 28.4 Å². The van der Waals surface area contributed by atoms with E-state index in [1.807, 2.05) is 0 Å². The summed E-state index contributed by atoms with van der Waals surface area (Å²) in [6.45, 7) is 2.15. The SMILES string of the molecule is Cc1cc(C2CC2)ccc1Br. The first-order chi connectivity index (χ1) is 5.27. The lowest BCUT2D eigenvalue weighted by atomic mass is 10.1. The van der Waals surface area contributed by atoms with Crippen LogP contribution >= 0.6 is 15.9 Å². The van der Waals surface area contributed by atoms with Crippen LogP contribution in [0, 0.1) is 6.92 Å². The molecule has 1 fully saturated rings. The van der Waals surface area contributed by atoms with Crippen LogP contribution in [0.5, 0.6) is 0 Å². The molecule has 1 heteroatoms. The van der Waals surface area contributed by atoms with Crippen molar-refractivity contribution in [3.63, 3.8) is 0 Å². The average molecular weight is 211 g/mol. The molecular formula is C10H11Br. The number of rotatable bonds is 1. The fraction of sp³-hybridized carbons (Fsp3) is 0.400. The molecule has 1 aliphatic rings. The highest BCUT2D eigenvalue weighted by Gasteiger charge is 2.23. The van der Waals surface area contributed by atoms with E-state index in [0.717, 1.165) is 5.92 Å². The smallest absolute Gasteiger partial charge is 0.0204 e. The van der Waals surface area contributed by atoms with E-state index in [2.05, 4.69) is 41.1 Å². The van der Waals surface area contributed by atoms with E-state index in [1.54, 1.807) is 0 Å². The van der Waals surface area contributed by atoms with Crippen molar-refractivity contribution in [1.82, 2.24) is 0 Å². The highest BCUT2D eigenvalue weighted by atomic mass is 79.9. The first kappa shape index (κ1) is 7.35. The van der Waals surface area contributed by atoms with Gasteiger partial charge in [-0.2, -0.15) is 0 Å². The van der Waals surface area contributed by atoms with Gasteiger partial charge in [-0.1, -0.05) is 28.1 Å². The molecular weight excluding hydrogens is 200 g/mol. The van der Waals surface area contributed by atoms with Gasteiger partial charge in [-0.15, -0.1) is 0 Å². The molecule has 0 atom stereocenters. The molecule has 0 nitrogen and oxygen atoms in total. The summed E-state index contributed by atoms with van der Waals surface area (Å²) in [6, 6.07) is 6.68. The Balaban J connectivity index is 2.36. The van der Waals surface area contributed by atoms with Gasteiger partial charge in [0.2, 0.25) is 0 Å². The minimum absolute atomic E-state index is 0.877.